The number of nitrogens with zero attached hydrogens (tertiary/aromatic N) is 1. The number of hydrogen-bond donors (Lipinski definition) is 1. The van der Waals surface area contributed by atoms with Gasteiger partial charge in [0.2, 0.25) is 11.8 Å². The van der Waals surface area contributed by atoms with E-state index in [0.29, 0.717) is 32.3 Å². The van der Waals surface area contributed by atoms with E-state index in [1.54, 1.807) is 29.2 Å². The first-order chi connectivity index (χ1) is 15.4. The lowest BCUT2D eigenvalue weighted by atomic mass is 10.1. The predicted molar refractivity (Wildman–Crippen MR) is 142 cm³/mol. The van der Waals surface area contributed by atoms with Crippen molar-refractivity contribution in [3.05, 3.63) is 67.6 Å². The fraction of sp³-hybridized carbons (Fsp3) is 0.417. The van der Waals surface area contributed by atoms with Crippen LogP contribution in [0.3, 0.4) is 0 Å². The van der Waals surface area contributed by atoms with Gasteiger partial charge in [-0.05, 0) is 62.6 Å². The minimum atomic E-state index is -0.620. The number of carbonyl (C=O) groups is 2. The molecule has 0 aliphatic heterocycles. The van der Waals surface area contributed by atoms with Crippen molar-refractivity contribution in [2.24, 2.45) is 0 Å². The summed E-state index contributed by atoms with van der Waals surface area (Å²) < 4.78 is 0. The number of rotatable bonds is 9. The summed E-state index contributed by atoms with van der Waals surface area (Å²) in [5.41, 5.74) is 1.28. The first kappa shape index (κ1) is 28.1. The summed E-state index contributed by atoms with van der Waals surface area (Å²) in [5, 5.41) is 4.95. The Labute approximate surface area is 220 Å². The summed E-state index contributed by atoms with van der Waals surface area (Å²) >= 11 is 25.9. The zero-order chi connectivity index (χ0) is 24.8. The van der Waals surface area contributed by atoms with Gasteiger partial charge in [0.25, 0.3) is 0 Å². The van der Waals surface area contributed by atoms with Gasteiger partial charge in [-0.15, -0.1) is 11.8 Å². The van der Waals surface area contributed by atoms with Gasteiger partial charge in [-0.25, -0.2) is 0 Å². The SMILES string of the molecule is CC[C@@H](C(=O)NC(C)(C)C)N(Cc1ccc(Cl)c(Cl)c1)C(=O)CSCc1ccc(Cl)cc1Cl. The van der Waals surface area contributed by atoms with Crippen LogP contribution in [0.15, 0.2) is 36.4 Å². The molecule has 0 saturated carbocycles. The normalized spacial score (nSPS) is 12.4. The van der Waals surface area contributed by atoms with Crippen LogP contribution in [0.4, 0.5) is 0 Å². The topological polar surface area (TPSA) is 49.4 Å². The second kappa shape index (κ2) is 12.6. The molecule has 180 valence electrons. The molecule has 4 nitrogen and oxygen atoms in total. The molecule has 2 rings (SSSR count). The van der Waals surface area contributed by atoms with E-state index in [1.165, 1.54) is 11.8 Å². The van der Waals surface area contributed by atoms with E-state index in [1.807, 2.05) is 39.8 Å². The Bertz CT molecular complexity index is 995. The third-order valence-corrected chi connectivity index (χ3v) is 7.01. The highest BCUT2D eigenvalue weighted by Crippen LogP contribution is 2.27. The lowest BCUT2D eigenvalue weighted by Gasteiger charge is -2.33. The van der Waals surface area contributed by atoms with Crippen LogP contribution < -0.4 is 5.32 Å². The van der Waals surface area contributed by atoms with Crippen molar-refractivity contribution in [2.75, 3.05) is 5.75 Å². The first-order valence-electron chi connectivity index (χ1n) is 10.5. The smallest absolute Gasteiger partial charge is 0.243 e. The van der Waals surface area contributed by atoms with Gasteiger partial charge in [-0.1, -0.05) is 65.5 Å². The maximum absolute atomic E-state index is 13.3. The zero-order valence-electron chi connectivity index (χ0n) is 19.1. The lowest BCUT2D eigenvalue weighted by molar-refractivity contribution is -0.140. The van der Waals surface area contributed by atoms with Crippen molar-refractivity contribution in [1.82, 2.24) is 10.2 Å². The Hall–Kier alpha value is -1.11. The van der Waals surface area contributed by atoms with Gasteiger partial charge in [0.1, 0.15) is 6.04 Å². The molecule has 1 atom stereocenters. The number of hydrogen-bond acceptors (Lipinski definition) is 3. The van der Waals surface area contributed by atoms with Crippen molar-refractivity contribution in [1.29, 1.82) is 0 Å². The molecule has 9 heteroatoms. The summed E-state index contributed by atoms with van der Waals surface area (Å²) in [5.74, 6) is 0.406. The van der Waals surface area contributed by atoms with Gasteiger partial charge < -0.3 is 10.2 Å². The standard InChI is InChI=1S/C24H28Cl4N2O2S/c1-5-21(23(32)29-24(2,3)4)30(12-15-6-9-18(26)20(28)10-15)22(31)14-33-13-16-7-8-17(25)11-19(16)27/h6-11,21H,5,12-14H2,1-4H3,(H,29,32)/t21-/m0/s1. The quantitative estimate of drug-likeness (QED) is 0.358. The monoisotopic (exact) mass is 548 g/mol. The van der Waals surface area contributed by atoms with E-state index in [-0.39, 0.29) is 24.1 Å². The molecular weight excluding hydrogens is 522 g/mol. The molecule has 1 N–H and O–H groups in total. The van der Waals surface area contributed by atoms with Crippen LogP contribution in [0.25, 0.3) is 0 Å². The Balaban J connectivity index is 2.20. The second-order valence-electron chi connectivity index (χ2n) is 8.66. The van der Waals surface area contributed by atoms with E-state index in [0.717, 1.165) is 11.1 Å². The van der Waals surface area contributed by atoms with Crippen molar-refractivity contribution in [2.45, 2.75) is 58.0 Å². The lowest BCUT2D eigenvalue weighted by Crippen LogP contribution is -2.53. The number of nitrogens with one attached hydrogen (secondary N) is 1. The molecule has 0 aromatic heterocycles. The van der Waals surface area contributed by atoms with Crippen molar-refractivity contribution in [3.63, 3.8) is 0 Å². The average molecular weight is 550 g/mol. The number of carbonyl (C=O) groups excluding carboxylic acids is 2. The molecule has 0 heterocycles. The molecule has 2 amide bonds. The van der Waals surface area contributed by atoms with E-state index < -0.39 is 11.6 Å². The number of benzene rings is 2. The molecule has 0 bridgehead atoms. The van der Waals surface area contributed by atoms with Crippen LogP contribution in [-0.4, -0.2) is 34.0 Å². The van der Waals surface area contributed by atoms with Crippen molar-refractivity contribution in [3.8, 4) is 0 Å². The third kappa shape index (κ3) is 8.88. The van der Waals surface area contributed by atoms with Crippen LogP contribution in [0.1, 0.15) is 45.2 Å². The highest BCUT2D eigenvalue weighted by molar-refractivity contribution is 7.99. The molecule has 0 radical (unpaired) electrons. The minimum Gasteiger partial charge on any atom is -0.350 e. The maximum Gasteiger partial charge on any atom is 0.243 e. The Morgan fingerprint density at radius 2 is 1.70 bits per heavy atom. The van der Waals surface area contributed by atoms with Crippen LogP contribution in [0.2, 0.25) is 20.1 Å². The number of amides is 2. The average Bonchev–Trinajstić information content (AvgIpc) is 2.70. The highest BCUT2D eigenvalue weighted by atomic mass is 35.5. The number of halogens is 4. The van der Waals surface area contributed by atoms with Gasteiger partial charge in [0.05, 0.1) is 15.8 Å². The van der Waals surface area contributed by atoms with E-state index in [9.17, 15) is 9.59 Å². The van der Waals surface area contributed by atoms with E-state index in [2.05, 4.69) is 5.32 Å². The fourth-order valence-corrected chi connectivity index (χ4v) is 4.97. The van der Waals surface area contributed by atoms with Gasteiger partial charge in [-0.2, -0.15) is 0 Å². The Morgan fingerprint density at radius 3 is 2.27 bits per heavy atom. The third-order valence-electron chi connectivity index (χ3n) is 4.72. The minimum absolute atomic E-state index is 0.146. The molecule has 0 aliphatic rings. The summed E-state index contributed by atoms with van der Waals surface area (Å²) in [4.78, 5) is 27.9. The van der Waals surface area contributed by atoms with Crippen molar-refractivity contribution >= 4 is 70.0 Å². The molecule has 2 aromatic carbocycles. The molecular formula is C24H28Cl4N2O2S. The summed E-state index contributed by atoms with van der Waals surface area (Å²) in [7, 11) is 0. The summed E-state index contributed by atoms with van der Waals surface area (Å²) in [6, 6.07) is 9.90. The van der Waals surface area contributed by atoms with Crippen LogP contribution in [0, 0.1) is 0 Å². The Kier molecular flexibility index (Phi) is 10.7. The molecule has 2 aromatic rings. The molecule has 0 saturated heterocycles. The van der Waals surface area contributed by atoms with Crippen LogP contribution >= 0.6 is 58.2 Å². The van der Waals surface area contributed by atoms with Gasteiger partial charge in [0.15, 0.2) is 0 Å². The fourth-order valence-electron chi connectivity index (χ4n) is 3.18. The zero-order valence-corrected chi connectivity index (χ0v) is 22.9. The molecule has 0 spiro atoms. The highest BCUT2D eigenvalue weighted by Gasteiger charge is 2.30. The maximum atomic E-state index is 13.3. The number of thioether (sulfide) groups is 1. The molecule has 0 aliphatic carbocycles. The van der Waals surface area contributed by atoms with Gasteiger partial charge in [-0.3, -0.25) is 9.59 Å². The van der Waals surface area contributed by atoms with Gasteiger partial charge >= 0.3 is 0 Å². The van der Waals surface area contributed by atoms with Gasteiger partial charge in [0, 0.05) is 27.9 Å². The molecule has 0 fully saturated rings. The van der Waals surface area contributed by atoms with E-state index in [4.69, 9.17) is 46.4 Å². The summed E-state index contributed by atoms with van der Waals surface area (Å²) in [6.07, 6.45) is 0.475. The summed E-state index contributed by atoms with van der Waals surface area (Å²) in [6.45, 7) is 7.87. The molecule has 0 unspecified atom stereocenters. The Morgan fingerprint density at radius 1 is 1.00 bits per heavy atom. The van der Waals surface area contributed by atoms with Crippen molar-refractivity contribution < 1.29 is 9.59 Å². The largest absolute Gasteiger partial charge is 0.350 e. The van der Waals surface area contributed by atoms with Crippen LogP contribution in [0.5, 0.6) is 0 Å². The van der Waals surface area contributed by atoms with E-state index >= 15 is 0 Å². The second-order valence-corrected chi connectivity index (χ2v) is 11.3. The molecule has 33 heavy (non-hydrogen) atoms. The first-order valence-corrected chi connectivity index (χ1v) is 13.1. The predicted octanol–water partition coefficient (Wildman–Crippen LogP) is 7.26. The van der Waals surface area contributed by atoms with Crippen LogP contribution in [-0.2, 0) is 21.9 Å².